The van der Waals surface area contributed by atoms with Crippen molar-refractivity contribution in [2.24, 2.45) is 0 Å². The Morgan fingerprint density at radius 2 is 1.91 bits per heavy atom. The first-order valence-corrected chi connectivity index (χ1v) is 10.8. The molecule has 0 saturated carbocycles. The normalized spacial score (nSPS) is 17.5. The lowest BCUT2D eigenvalue weighted by molar-refractivity contribution is -0.140. The fourth-order valence-electron chi connectivity index (χ4n) is 3.83. The third-order valence-corrected chi connectivity index (χ3v) is 5.50. The van der Waals surface area contributed by atoms with Crippen molar-refractivity contribution in [3.05, 3.63) is 95.2 Å². The van der Waals surface area contributed by atoms with Gasteiger partial charge in [-0.15, -0.1) is 0 Å². The van der Waals surface area contributed by atoms with Crippen molar-refractivity contribution in [1.82, 2.24) is 4.90 Å². The number of likely N-dealkylation sites (tertiary alicyclic amines) is 1. The van der Waals surface area contributed by atoms with E-state index in [0.717, 1.165) is 12.8 Å². The summed E-state index contributed by atoms with van der Waals surface area (Å²) >= 11 is 0. The molecule has 4 rings (SSSR count). The maximum atomic E-state index is 13.4. The van der Waals surface area contributed by atoms with Gasteiger partial charge in [-0.3, -0.25) is 9.59 Å². The van der Waals surface area contributed by atoms with Crippen LogP contribution >= 0.6 is 0 Å². The third kappa shape index (κ3) is 4.67. The Morgan fingerprint density at radius 1 is 1.12 bits per heavy atom. The molecular weight excluding hydrogens is 425 g/mol. The summed E-state index contributed by atoms with van der Waals surface area (Å²) < 4.78 is 24.6. The number of halogens is 1. The van der Waals surface area contributed by atoms with Crippen LogP contribution in [0.2, 0.25) is 0 Å². The standard InChI is InChI=1S/C26H24FNO5/c1-2-3-13-32-20-7-4-6-18(15-20)23-22(24(29)17-9-11-19(27)12-10-17)25(30)26(31)28(23)16-21-8-5-14-33-21/h4-12,14-15,23,29H,2-3,13,16H2,1H3/b24-22+. The van der Waals surface area contributed by atoms with Gasteiger partial charge in [0, 0.05) is 5.56 Å². The van der Waals surface area contributed by atoms with Crippen LogP contribution in [-0.4, -0.2) is 28.3 Å². The monoisotopic (exact) mass is 449 g/mol. The molecule has 1 N–H and O–H groups in total. The zero-order chi connectivity index (χ0) is 23.4. The van der Waals surface area contributed by atoms with Gasteiger partial charge in [-0.05, 0) is 60.5 Å². The molecule has 170 valence electrons. The van der Waals surface area contributed by atoms with E-state index in [2.05, 4.69) is 6.92 Å². The zero-order valence-corrected chi connectivity index (χ0v) is 18.2. The van der Waals surface area contributed by atoms with Crippen LogP contribution in [0.3, 0.4) is 0 Å². The number of aliphatic hydroxyl groups excluding tert-OH is 1. The number of unbranched alkanes of at least 4 members (excludes halogenated alkanes) is 1. The number of aliphatic hydroxyl groups is 1. The van der Waals surface area contributed by atoms with Crippen molar-refractivity contribution < 1.29 is 28.2 Å². The molecule has 1 atom stereocenters. The number of nitrogens with zero attached hydrogens (tertiary/aromatic N) is 1. The van der Waals surface area contributed by atoms with Gasteiger partial charge in [0.1, 0.15) is 23.1 Å². The van der Waals surface area contributed by atoms with Gasteiger partial charge in [-0.1, -0.05) is 25.5 Å². The Morgan fingerprint density at radius 3 is 2.61 bits per heavy atom. The van der Waals surface area contributed by atoms with E-state index in [4.69, 9.17) is 9.15 Å². The molecular formula is C26H24FNO5. The number of ketones is 1. The van der Waals surface area contributed by atoms with E-state index in [1.54, 1.807) is 36.4 Å². The minimum Gasteiger partial charge on any atom is -0.507 e. The predicted octanol–water partition coefficient (Wildman–Crippen LogP) is 5.22. The number of amides is 1. The average Bonchev–Trinajstić information content (AvgIpc) is 3.42. The molecule has 1 aliphatic rings. The number of hydrogen-bond acceptors (Lipinski definition) is 5. The highest BCUT2D eigenvalue weighted by Crippen LogP contribution is 2.41. The summed E-state index contributed by atoms with van der Waals surface area (Å²) in [5.74, 6) is -1.30. The second-order valence-electron chi connectivity index (χ2n) is 7.79. The Bertz CT molecular complexity index is 1170. The molecule has 0 aliphatic carbocycles. The second kappa shape index (κ2) is 9.73. The van der Waals surface area contributed by atoms with Crippen molar-refractivity contribution in [2.45, 2.75) is 32.4 Å². The molecule has 1 fully saturated rings. The number of furan rings is 1. The van der Waals surface area contributed by atoms with Crippen LogP contribution in [0.5, 0.6) is 5.75 Å². The number of carbonyl (C=O) groups excluding carboxylic acids is 2. The van der Waals surface area contributed by atoms with Crippen LogP contribution in [0.15, 0.2) is 76.9 Å². The highest BCUT2D eigenvalue weighted by atomic mass is 19.1. The van der Waals surface area contributed by atoms with Crippen molar-refractivity contribution >= 4 is 17.4 Å². The fraction of sp³-hybridized carbons (Fsp3) is 0.231. The van der Waals surface area contributed by atoms with E-state index >= 15 is 0 Å². The number of Topliss-reactive ketones (excluding diaryl/α,β-unsaturated/α-hetero) is 1. The molecule has 0 spiro atoms. The minimum atomic E-state index is -0.866. The van der Waals surface area contributed by atoms with Crippen LogP contribution in [0, 0.1) is 5.82 Å². The van der Waals surface area contributed by atoms with E-state index in [-0.39, 0.29) is 23.4 Å². The smallest absolute Gasteiger partial charge is 0.296 e. The van der Waals surface area contributed by atoms with Crippen LogP contribution in [0.4, 0.5) is 4.39 Å². The quantitative estimate of drug-likeness (QED) is 0.221. The number of hydrogen-bond donors (Lipinski definition) is 1. The van der Waals surface area contributed by atoms with Gasteiger partial charge < -0.3 is 19.2 Å². The van der Waals surface area contributed by atoms with E-state index in [1.165, 1.54) is 35.4 Å². The highest BCUT2D eigenvalue weighted by Gasteiger charge is 2.46. The fourth-order valence-corrected chi connectivity index (χ4v) is 3.83. The first-order chi connectivity index (χ1) is 16.0. The lowest BCUT2D eigenvalue weighted by atomic mass is 9.95. The molecule has 1 aromatic heterocycles. The summed E-state index contributed by atoms with van der Waals surface area (Å²) in [6, 6.07) is 14.8. The van der Waals surface area contributed by atoms with Gasteiger partial charge in [-0.2, -0.15) is 0 Å². The maximum Gasteiger partial charge on any atom is 0.296 e. The zero-order valence-electron chi connectivity index (χ0n) is 18.2. The SMILES string of the molecule is CCCCOc1cccc(C2/C(=C(\O)c3ccc(F)cc3)C(=O)C(=O)N2Cc2ccco2)c1. The Balaban J connectivity index is 1.80. The van der Waals surface area contributed by atoms with E-state index in [1.807, 2.05) is 0 Å². The number of rotatable bonds is 8. The van der Waals surface area contributed by atoms with Gasteiger partial charge >= 0.3 is 0 Å². The lowest BCUT2D eigenvalue weighted by Crippen LogP contribution is -2.29. The van der Waals surface area contributed by atoms with Crippen LogP contribution in [-0.2, 0) is 16.1 Å². The Hall–Kier alpha value is -3.87. The first-order valence-electron chi connectivity index (χ1n) is 10.8. The minimum absolute atomic E-state index is 0.0450. The molecule has 3 aromatic rings. The Kier molecular flexibility index (Phi) is 6.58. The lowest BCUT2D eigenvalue weighted by Gasteiger charge is -2.25. The third-order valence-electron chi connectivity index (χ3n) is 5.50. The largest absolute Gasteiger partial charge is 0.507 e. The summed E-state index contributed by atoms with van der Waals surface area (Å²) in [5, 5.41) is 11.0. The van der Waals surface area contributed by atoms with Gasteiger partial charge in [0.25, 0.3) is 11.7 Å². The highest BCUT2D eigenvalue weighted by molar-refractivity contribution is 6.46. The van der Waals surface area contributed by atoms with Crippen molar-refractivity contribution in [3.8, 4) is 5.75 Å². The van der Waals surface area contributed by atoms with E-state index in [9.17, 15) is 19.1 Å². The molecule has 2 heterocycles. The van der Waals surface area contributed by atoms with Crippen molar-refractivity contribution in [1.29, 1.82) is 0 Å². The molecule has 0 radical (unpaired) electrons. The predicted molar refractivity (Wildman–Crippen MR) is 120 cm³/mol. The van der Waals surface area contributed by atoms with Gasteiger partial charge in [0.15, 0.2) is 0 Å². The summed E-state index contributed by atoms with van der Waals surface area (Å²) in [7, 11) is 0. The van der Waals surface area contributed by atoms with Crippen molar-refractivity contribution in [3.63, 3.8) is 0 Å². The molecule has 6 nitrogen and oxygen atoms in total. The van der Waals surface area contributed by atoms with Crippen LogP contribution in [0.1, 0.15) is 42.7 Å². The van der Waals surface area contributed by atoms with Gasteiger partial charge in [0.05, 0.1) is 31.0 Å². The molecule has 1 saturated heterocycles. The summed E-state index contributed by atoms with van der Waals surface area (Å²) in [5.41, 5.74) is 0.787. The maximum absolute atomic E-state index is 13.4. The van der Waals surface area contributed by atoms with Crippen LogP contribution < -0.4 is 4.74 Å². The molecule has 0 bridgehead atoms. The first kappa shape index (κ1) is 22.3. The number of benzene rings is 2. The number of ether oxygens (including phenoxy) is 1. The number of carbonyl (C=O) groups is 2. The van der Waals surface area contributed by atoms with Gasteiger partial charge in [0.2, 0.25) is 0 Å². The molecule has 1 amide bonds. The summed E-state index contributed by atoms with van der Waals surface area (Å²) in [6.45, 7) is 2.66. The molecule has 1 aliphatic heterocycles. The Labute approximate surface area is 190 Å². The van der Waals surface area contributed by atoms with Crippen LogP contribution in [0.25, 0.3) is 5.76 Å². The molecule has 33 heavy (non-hydrogen) atoms. The molecule has 1 unspecified atom stereocenters. The van der Waals surface area contributed by atoms with E-state index in [0.29, 0.717) is 23.7 Å². The summed E-state index contributed by atoms with van der Waals surface area (Å²) in [4.78, 5) is 27.4. The topological polar surface area (TPSA) is 80.0 Å². The summed E-state index contributed by atoms with van der Waals surface area (Å²) in [6.07, 6.45) is 3.37. The average molecular weight is 449 g/mol. The van der Waals surface area contributed by atoms with Gasteiger partial charge in [-0.25, -0.2) is 4.39 Å². The van der Waals surface area contributed by atoms with E-state index < -0.39 is 23.5 Å². The molecule has 7 heteroatoms. The molecule has 2 aromatic carbocycles. The van der Waals surface area contributed by atoms with Crippen molar-refractivity contribution in [2.75, 3.05) is 6.61 Å². The second-order valence-corrected chi connectivity index (χ2v) is 7.79.